The van der Waals surface area contributed by atoms with Crippen molar-refractivity contribution in [3.05, 3.63) is 72.3 Å². The second kappa shape index (κ2) is 5.07. The molecule has 0 saturated carbocycles. The Morgan fingerprint density at radius 1 is 0.955 bits per heavy atom. The van der Waals surface area contributed by atoms with Gasteiger partial charge in [-0.1, -0.05) is 48.5 Å². The molecule has 2 heterocycles. The summed E-state index contributed by atoms with van der Waals surface area (Å²) in [7, 11) is 0. The third-order valence-electron chi connectivity index (χ3n) is 3.73. The summed E-state index contributed by atoms with van der Waals surface area (Å²) in [6, 6.07) is 21.5. The van der Waals surface area contributed by atoms with Gasteiger partial charge in [0.25, 0.3) is 5.91 Å². The predicted octanol–water partition coefficient (Wildman–Crippen LogP) is 3.79. The number of hydrogen-bond donors (Lipinski definition) is 1. The summed E-state index contributed by atoms with van der Waals surface area (Å²) in [6.45, 7) is 0.400. The summed E-state index contributed by atoms with van der Waals surface area (Å²) in [4.78, 5) is 14.1. The minimum absolute atomic E-state index is 0.104. The van der Waals surface area contributed by atoms with Gasteiger partial charge in [-0.2, -0.15) is 0 Å². The average molecular weight is 290 g/mol. The zero-order chi connectivity index (χ0) is 14.9. The number of benzene rings is 2. The van der Waals surface area contributed by atoms with E-state index in [4.69, 9.17) is 4.42 Å². The maximum absolute atomic E-state index is 12.1. The van der Waals surface area contributed by atoms with Gasteiger partial charge in [-0.25, -0.2) is 0 Å². The number of para-hydroxylation sites is 1. The van der Waals surface area contributed by atoms with Gasteiger partial charge in [0.15, 0.2) is 0 Å². The lowest BCUT2D eigenvalue weighted by atomic mass is 10.1. The van der Waals surface area contributed by atoms with Crippen LogP contribution in [0.15, 0.2) is 71.1 Å². The highest BCUT2D eigenvalue weighted by Crippen LogP contribution is 2.36. The Morgan fingerprint density at radius 2 is 1.64 bits per heavy atom. The fraction of sp³-hybridized carbons (Fsp3) is 0.0556. The molecule has 0 fully saturated rings. The molecule has 1 N–H and O–H groups in total. The van der Waals surface area contributed by atoms with Crippen LogP contribution in [0.25, 0.3) is 11.3 Å². The molecule has 4 nitrogen and oxygen atoms in total. The van der Waals surface area contributed by atoms with E-state index in [2.05, 4.69) is 5.32 Å². The van der Waals surface area contributed by atoms with Gasteiger partial charge in [0.1, 0.15) is 11.3 Å². The zero-order valence-corrected chi connectivity index (χ0v) is 11.8. The fourth-order valence-electron chi connectivity index (χ4n) is 2.62. The standard InChI is InChI=1S/C18H14N2O2/c21-17-15-11-16(13-7-3-1-4-8-13)22-18(15)20(12-19-17)14-9-5-2-6-10-14/h1-11H,12H2,(H,19,21). The lowest BCUT2D eigenvalue weighted by molar-refractivity contribution is 0.0948. The second-order valence-electron chi connectivity index (χ2n) is 5.12. The van der Waals surface area contributed by atoms with Crippen molar-refractivity contribution in [3.8, 4) is 11.3 Å². The molecule has 1 aromatic heterocycles. The molecular formula is C18H14N2O2. The lowest BCUT2D eigenvalue weighted by Crippen LogP contribution is -2.40. The zero-order valence-electron chi connectivity index (χ0n) is 11.8. The number of nitrogens with zero attached hydrogens (tertiary/aromatic N) is 1. The third-order valence-corrected chi connectivity index (χ3v) is 3.73. The highest BCUT2D eigenvalue weighted by Gasteiger charge is 2.28. The fourth-order valence-corrected chi connectivity index (χ4v) is 2.62. The number of rotatable bonds is 2. The quantitative estimate of drug-likeness (QED) is 0.781. The molecule has 4 rings (SSSR count). The van der Waals surface area contributed by atoms with Crippen molar-refractivity contribution in [2.45, 2.75) is 0 Å². The predicted molar refractivity (Wildman–Crippen MR) is 85.1 cm³/mol. The third kappa shape index (κ3) is 2.05. The van der Waals surface area contributed by atoms with Gasteiger partial charge >= 0.3 is 0 Å². The first-order valence-electron chi connectivity index (χ1n) is 7.13. The molecule has 0 spiro atoms. The minimum atomic E-state index is -0.104. The van der Waals surface area contributed by atoms with E-state index >= 15 is 0 Å². The molecule has 3 aromatic rings. The lowest BCUT2D eigenvalue weighted by Gasteiger charge is -2.27. The number of carbonyl (C=O) groups is 1. The number of fused-ring (bicyclic) bond motifs is 1. The van der Waals surface area contributed by atoms with Crippen LogP contribution in [0.2, 0.25) is 0 Å². The number of anilines is 2. The first-order valence-corrected chi connectivity index (χ1v) is 7.13. The summed E-state index contributed by atoms with van der Waals surface area (Å²) in [5.74, 6) is 1.19. The Morgan fingerprint density at radius 3 is 2.36 bits per heavy atom. The highest BCUT2D eigenvalue weighted by molar-refractivity contribution is 6.02. The van der Waals surface area contributed by atoms with Crippen LogP contribution in [0.1, 0.15) is 10.4 Å². The molecule has 2 aromatic carbocycles. The van der Waals surface area contributed by atoms with Crippen molar-refractivity contribution < 1.29 is 9.21 Å². The van der Waals surface area contributed by atoms with Crippen LogP contribution in [-0.2, 0) is 0 Å². The van der Waals surface area contributed by atoms with E-state index in [9.17, 15) is 4.79 Å². The maximum Gasteiger partial charge on any atom is 0.258 e. The van der Waals surface area contributed by atoms with Crippen LogP contribution in [0.3, 0.4) is 0 Å². The molecule has 1 aliphatic rings. The minimum Gasteiger partial charge on any atom is -0.439 e. The molecule has 0 bridgehead atoms. The Bertz CT molecular complexity index is 810. The van der Waals surface area contributed by atoms with Crippen molar-refractivity contribution in [3.63, 3.8) is 0 Å². The molecule has 0 saturated heterocycles. The van der Waals surface area contributed by atoms with Crippen LogP contribution in [0.4, 0.5) is 11.6 Å². The molecule has 22 heavy (non-hydrogen) atoms. The summed E-state index contributed by atoms with van der Waals surface area (Å²) in [5, 5.41) is 2.88. The van der Waals surface area contributed by atoms with Crippen molar-refractivity contribution in [1.82, 2.24) is 5.32 Å². The summed E-state index contributed by atoms with van der Waals surface area (Å²) < 4.78 is 5.99. The van der Waals surface area contributed by atoms with E-state index in [0.717, 1.165) is 11.3 Å². The Kier molecular flexibility index (Phi) is 2.93. The summed E-state index contributed by atoms with van der Waals surface area (Å²) in [5.41, 5.74) is 2.50. The largest absolute Gasteiger partial charge is 0.439 e. The molecule has 0 atom stereocenters. The molecule has 4 heteroatoms. The number of furan rings is 1. The monoisotopic (exact) mass is 290 g/mol. The van der Waals surface area contributed by atoms with Crippen molar-refractivity contribution in [1.29, 1.82) is 0 Å². The van der Waals surface area contributed by atoms with E-state index in [1.807, 2.05) is 65.6 Å². The van der Waals surface area contributed by atoms with Crippen LogP contribution in [0.5, 0.6) is 0 Å². The van der Waals surface area contributed by atoms with E-state index in [1.54, 1.807) is 6.07 Å². The molecule has 0 aliphatic carbocycles. The van der Waals surface area contributed by atoms with Crippen LogP contribution in [-0.4, -0.2) is 12.6 Å². The SMILES string of the molecule is O=C1NCN(c2ccccc2)c2oc(-c3ccccc3)cc21. The first-order chi connectivity index (χ1) is 10.8. The number of carbonyl (C=O) groups excluding carboxylic acids is 1. The second-order valence-corrected chi connectivity index (χ2v) is 5.12. The van der Waals surface area contributed by atoms with Crippen molar-refractivity contribution in [2.75, 3.05) is 11.6 Å². The number of nitrogens with one attached hydrogen (secondary N) is 1. The Labute approximate surface area is 128 Å². The van der Waals surface area contributed by atoms with Crippen LogP contribution < -0.4 is 10.2 Å². The van der Waals surface area contributed by atoms with Crippen molar-refractivity contribution in [2.24, 2.45) is 0 Å². The van der Waals surface area contributed by atoms with Crippen molar-refractivity contribution >= 4 is 17.5 Å². The Hall–Kier alpha value is -3.01. The normalized spacial score (nSPS) is 13.6. The van der Waals surface area contributed by atoms with Gasteiger partial charge in [-0.05, 0) is 18.2 Å². The maximum atomic E-state index is 12.1. The highest BCUT2D eigenvalue weighted by atomic mass is 16.4. The van der Waals surface area contributed by atoms with E-state index in [1.165, 1.54) is 0 Å². The molecule has 0 unspecified atom stereocenters. The number of hydrogen-bond acceptors (Lipinski definition) is 3. The molecule has 108 valence electrons. The van der Waals surface area contributed by atoms with E-state index in [0.29, 0.717) is 23.9 Å². The van der Waals surface area contributed by atoms with E-state index in [-0.39, 0.29) is 5.91 Å². The summed E-state index contributed by atoms with van der Waals surface area (Å²) in [6.07, 6.45) is 0. The van der Waals surface area contributed by atoms with Crippen LogP contribution >= 0.6 is 0 Å². The van der Waals surface area contributed by atoms with Gasteiger partial charge in [0, 0.05) is 11.3 Å². The van der Waals surface area contributed by atoms with Crippen LogP contribution in [0, 0.1) is 0 Å². The topological polar surface area (TPSA) is 45.5 Å². The molecule has 1 aliphatic heterocycles. The molecule has 1 amide bonds. The van der Waals surface area contributed by atoms with Gasteiger partial charge in [-0.3, -0.25) is 9.69 Å². The summed E-state index contributed by atoms with van der Waals surface area (Å²) >= 11 is 0. The van der Waals surface area contributed by atoms with Gasteiger partial charge < -0.3 is 9.73 Å². The van der Waals surface area contributed by atoms with Gasteiger partial charge in [0.05, 0.1) is 6.67 Å². The average Bonchev–Trinajstić information content (AvgIpc) is 3.03. The van der Waals surface area contributed by atoms with E-state index < -0.39 is 0 Å². The smallest absolute Gasteiger partial charge is 0.258 e. The number of amides is 1. The van der Waals surface area contributed by atoms with Gasteiger partial charge in [0.2, 0.25) is 5.88 Å². The van der Waals surface area contributed by atoms with Gasteiger partial charge in [-0.15, -0.1) is 0 Å². The molecular weight excluding hydrogens is 276 g/mol. The molecule has 0 radical (unpaired) electrons. The first kappa shape index (κ1) is 12.7. The Balaban J connectivity index is 1.82.